The Hall–Kier alpha value is -1.12. The first-order valence-electron chi connectivity index (χ1n) is 7.16. The van der Waals surface area contributed by atoms with Gasteiger partial charge in [0, 0.05) is 6.04 Å². The van der Waals surface area contributed by atoms with Crippen LogP contribution in [0.25, 0.3) is 0 Å². The highest BCUT2D eigenvalue weighted by molar-refractivity contribution is 7.07. The molecule has 0 spiro atoms. The SMILES string of the molecule is CCc1ccc(C(CC)NCCc2ccsc2)cc1. The van der Waals surface area contributed by atoms with Crippen LogP contribution in [0.15, 0.2) is 41.1 Å². The number of aryl methyl sites for hydroxylation is 1. The lowest BCUT2D eigenvalue weighted by Gasteiger charge is -2.17. The maximum Gasteiger partial charge on any atom is 0.0317 e. The lowest BCUT2D eigenvalue weighted by Crippen LogP contribution is -2.23. The second-order valence-electron chi connectivity index (χ2n) is 4.89. The van der Waals surface area contributed by atoms with Crippen LogP contribution in [0, 0.1) is 0 Å². The van der Waals surface area contributed by atoms with E-state index in [-0.39, 0.29) is 0 Å². The minimum atomic E-state index is 0.476. The minimum absolute atomic E-state index is 0.476. The summed E-state index contributed by atoms with van der Waals surface area (Å²) in [5.74, 6) is 0. The fourth-order valence-corrected chi connectivity index (χ4v) is 3.01. The molecule has 0 aliphatic rings. The largest absolute Gasteiger partial charge is 0.310 e. The third-order valence-corrected chi connectivity index (χ3v) is 4.32. The summed E-state index contributed by atoms with van der Waals surface area (Å²) < 4.78 is 0. The number of hydrogen-bond acceptors (Lipinski definition) is 2. The van der Waals surface area contributed by atoms with Gasteiger partial charge >= 0.3 is 0 Å². The highest BCUT2D eigenvalue weighted by Gasteiger charge is 2.08. The van der Waals surface area contributed by atoms with Crippen LogP contribution in [-0.4, -0.2) is 6.54 Å². The van der Waals surface area contributed by atoms with Crippen LogP contribution in [0.3, 0.4) is 0 Å². The van der Waals surface area contributed by atoms with Gasteiger partial charge in [-0.05, 0) is 59.3 Å². The first-order chi connectivity index (χ1) is 9.33. The van der Waals surface area contributed by atoms with E-state index in [1.54, 1.807) is 11.3 Å². The van der Waals surface area contributed by atoms with E-state index in [9.17, 15) is 0 Å². The fourth-order valence-electron chi connectivity index (χ4n) is 2.31. The molecule has 1 aromatic heterocycles. The first kappa shape index (κ1) is 14.3. The van der Waals surface area contributed by atoms with Crippen molar-refractivity contribution in [1.82, 2.24) is 5.32 Å². The van der Waals surface area contributed by atoms with Crippen molar-refractivity contribution in [2.45, 2.75) is 39.2 Å². The molecular weight excluding hydrogens is 250 g/mol. The molecule has 0 fully saturated rings. The van der Waals surface area contributed by atoms with Crippen LogP contribution in [0.2, 0.25) is 0 Å². The minimum Gasteiger partial charge on any atom is -0.310 e. The molecule has 0 saturated carbocycles. The summed E-state index contributed by atoms with van der Waals surface area (Å²) in [6.07, 6.45) is 3.37. The molecule has 2 heteroatoms. The van der Waals surface area contributed by atoms with Crippen molar-refractivity contribution in [3.63, 3.8) is 0 Å². The summed E-state index contributed by atoms with van der Waals surface area (Å²) in [5, 5.41) is 8.05. The van der Waals surface area contributed by atoms with Crippen molar-refractivity contribution in [3.8, 4) is 0 Å². The van der Waals surface area contributed by atoms with Crippen LogP contribution >= 0.6 is 11.3 Å². The molecule has 1 atom stereocenters. The normalized spacial score (nSPS) is 12.5. The number of rotatable bonds is 7. The summed E-state index contributed by atoms with van der Waals surface area (Å²) >= 11 is 1.78. The predicted octanol–water partition coefficient (Wildman–Crippen LogP) is 4.59. The maximum absolute atomic E-state index is 3.67. The van der Waals surface area contributed by atoms with Crippen LogP contribution in [0.5, 0.6) is 0 Å². The molecule has 2 aromatic rings. The van der Waals surface area contributed by atoms with E-state index in [1.165, 1.54) is 16.7 Å². The van der Waals surface area contributed by atoms with Crippen molar-refractivity contribution >= 4 is 11.3 Å². The molecule has 1 aromatic carbocycles. The second-order valence-corrected chi connectivity index (χ2v) is 5.67. The molecule has 1 heterocycles. The Balaban J connectivity index is 1.88. The molecule has 0 bridgehead atoms. The lowest BCUT2D eigenvalue weighted by molar-refractivity contribution is 0.523. The number of hydrogen-bond donors (Lipinski definition) is 1. The average molecular weight is 273 g/mol. The van der Waals surface area contributed by atoms with Crippen molar-refractivity contribution in [1.29, 1.82) is 0 Å². The third-order valence-electron chi connectivity index (χ3n) is 3.58. The van der Waals surface area contributed by atoms with Gasteiger partial charge in [0.15, 0.2) is 0 Å². The standard InChI is InChI=1S/C17H23NS/c1-3-14-5-7-16(8-6-14)17(4-2)18-11-9-15-10-12-19-13-15/h5-8,10,12-13,17-18H,3-4,9,11H2,1-2H3. The van der Waals surface area contributed by atoms with E-state index in [4.69, 9.17) is 0 Å². The van der Waals surface area contributed by atoms with Gasteiger partial charge in [-0.25, -0.2) is 0 Å². The van der Waals surface area contributed by atoms with Crippen molar-refractivity contribution < 1.29 is 0 Å². The van der Waals surface area contributed by atoms with Crippen LogP contribution in [-0.2, 0) is 12.8 Å². The third kappa shape index (κ3) is 4.19. The molecule has 0 aliphatic carbocycles. The number of benzene rings is 1. The summed E-state index contributed by atoms with van der Waals surface area (Å²) in [5.41, 5.74) is 4.26. The molecule has 0 saturated heterocycles. The summed E-state index contributed by atoms with van der Waals surface area (Å²) in [4.78, 5) is 0. The van der Waals surface area contributed by atoms with Crippen molar-refractivity contribution in [3.05, 3.63) is 57.8 Å². The molecule has 1 unspecified atom stereocenters. The van der Waals surface area contributed by atoms with E-state index < -0.39 is 0 Å². The van der Waals surface area contributed by atoms with Gasteiger partial charge in [0.25, 0.3) is 0 Å². The van der Waals surface area contributed by atoms with E-state index in [0.717, 1.165) is 25.8 Å². The molecule has 2 rings (SSSR count). The number of nitrogens with one attached hydrogen (secondary N) is 1. The molecule has 0 radical (unpaired) electrons. The average Bonchev–Trinajstić information content (AvgIpc) is 2.97. The molecule has 0 aliphatic heterocycles. The Labute approximate surface area is 120 Å². The molecule has 1 nitrogen and oxygen atoms in total. The van der Waals surface area contributed by atoms with Gasteiger partial charge < -0.3 is 5.32 Å². The quantitative estimate of drug-likeness (QED) is 0.777. The van der Waals surface area contributed by atoms with E-state index in [2.05, 4.69) is 60.3 Å². The smallest absolute Gasteiger partial charge is 0.0317 e. The Morgan fingerprint density at radius 2 is 1.84 bits per heavy atom. The summed E-state index contributed by atoms with van der Waals surface area (Å²) in [6.45, 7) is 5.49. The topological polar surface area (TPSA) is 12.0 Å². The lowest BCUT2D eigenvalue weighted by atomic mass is 10.0. The highest BCUT2D eigenvalue weighted by atomic mass is 32.1. The Bertz CT molecular complexity index is 459. The van der Waals surface area contributed by atoms with Crippen LogP contribution < -0.4 is 5.32 Å². The zero-order valence-corrected chi connectivity index (χ0v) is 12.7. The van der Waals surface area contributed by atoms with E-state index in [1.807, 2.05) is 0 Å². The molecule has 1 N–H and O–H groups in total. The van der Waals surface area contributed by atoms with Gasteiger partial charge in [0.05, 0.1) is 0 Å². The molecule has 102 valence electrons. The second kappa shape index (κ2) is 7.46. The van der Waals surface area contributed by atoms with Gasteiger partial charge in [-0.3, -0.25) is 0 Å². The monoisotopic (exact) mass is 273 g/mol. The van der Waals surface area contributed by atoms with Gasteiger partial charge in [-0.1, -0.05) is 38.1 Å². The maximum atomic E-state index is 3.67. The predicted molar refractivity (Wildman–Crippen MR) is 84.9 cm³/mol. The van der Waals surface area contributed by atoms with E-state index >= 15 is 0 Å². The van der Waals surface area contributed by atoms with Crippen molar-refractivity contribution in [2.24, 2.45) is 0 Å². The molecular formula is C17H23NS. The van der Waals surface area contributed by atoms with Crippen LogP contribution in [0.1, 0.15) is 43.0 Å². The van der Waals surface area contributed by atoms with Gasteiger partial charge in [-0.2, -0.15) is 11.3 Å². The summed E-state index contributed by atoms with van der Waals surface area (Å²) in [7, 11) is 0. The first-order valence-corrected chi connectivity index (χ1v) is 8.11. The Morgan fingerprint density at radius 1 is 1.05 bits per heavy atom. The highest BCUT2D eigenvalue weighted by Crippen LogP contribution is 2.17. The van der Waals surface area contributed by atoms with Crippen molar-refractivity contribution in [2.75, 3.05) is 6.54 Å². The van der Waals surface area contributed by atoms with Gasteiger partial charge in [-0.15, -0.1) is 0 Å². The van der Waals surface area contributed by atoms with Crippen LogP contribution in [0.4, 0.5) is 0 Å². The summed E-state index contributed by atoms with van der Waals surface area (Å²) in [6, 6.07) is 11.7. The van der Waals surface area contributed by atoms with E-state index in [0.29, 0.717) is 6.04 Å². The number of thiophene rings is 1. The fraction of sp³-hybridized carbons (Fsp3) is 0.412. The Morgan fingerprint density at radius 3 is 2.42 bits per heavy atom. The Kier molecular flexibility index (Phi) is 5.62. The van der Waals surface area contributed by atoms with Gasteiger partial charge in [0.2, 0.25) is 0 Å². The zero-order valence-electron chi connectivity index (χ0n) is 11.9. The molecule has 0 amide bonds. The molecule has 19 heavy (non-hydrogen) atoms. The zero-order chi connectivity index (χ0) is 13.5. The van der Waals surface area contributed by atoms with Gasteiger partial charge in [0.1, 0.15) is 0 Å².